The van der Waals surface area contributed by atoms with Crippen molar-refractivity contribution >= 4 is 21.3 Å². The second kappa shape index (κ2) is 2.96. The topological polar surface area (TPSA) is 97.5 Å². The van der Waals surface area contributed by atoms with Gasteiger partial charge in [0.1, 0.15) is 4.90 Å². The zero-order chi connectivity index (χ0) is 11.2. The van der Waals surface area contributed by atoms with Crippen LogP contribution in [-0.4, -0.2) is 25.1 Å². The second-order valence-corrected chi connectivity index (χ2v) is 5.42. The molecule has 1 aliphatic rings. The molecule has 1 aliphatic heterocycles. The molecule has 1 aromatic rings. The molecule has 1 aromatic carbocycles. The fourth-order valence-corrected chi connectivity index (χ4v) is 3.17. The average molecular weight is 227 g/mol. The molecule has 1 heterocycles. The van der Waals surface area contributed by atoms with E-state index >= 15 is 0 Å². The van der Waals surface area contributed by atoms with E-state index in [1.165, 1.54) is 12.1 Å². The number of hydrogen-bond donors (Lipinski definition) is 2. The van der Waals surface area contributed by atoms with Crippen molar-refractivity contribution in [3.8, 4) is 5.75 Å². The summed E-state index contributed by atoms with van der Waals surface area (Å²) in [7, 11) is -3.58. The molecule has 0 atom stereocenters. The first kappa shape index (κ1) is 9.97. The number of nitrogen functional groups attached to an aromatic ring is 1. The largest absolute Gasteiger partial charge is 0.504 e. The minimum Gasteiger partial charge on any atom is -0.504 e. The molecular weight excluding hydrogens is 218 g/mol. The molecule has 0 spiro atoms. The van der Waals surface area contributed by atoms with Crippen molar-refractivity contribution in [2.24, 2.45) is 0 Å². The Labute approximate surface area is 86.4 Å². The van der Waals surface area contributed by atoms with E-state index in [2.05, 4.69) is 0 Å². The highest BCUT2D eigenvalue weighted by molar-refractivity contribution is 7.91. The molecule has 0 aromatic heterocycles. The van der Waals surface area contributed by atoms with Crippen LogP contribution in [0.15, 0.2) is 17.0 Å². The first-order valence-corrected chi connectivity index (χ1v) is 5.96. The lowest BCUT2D eigenvalue weighted by Gasteiger charge is -2.16. The molecule has 3 N–H and O–H groups in total. The third-order valence-electron chi connectivity index (χ3n) is 2.37. The van der Waals surface area contributed by atoms with E-state index in [0.29, 0.717) is 0 Å². The quantitative estimate of drug-likeness (QED) is 0.492. The number of rotatable bonds is 0. The smallest absolute Gasteiger partial charge is 0.183 e. The summed E-state index contributed by atoms with van der Waals surface area (Å²) in [6, 6.07) is 2.66. The van der Waals surface area contributed by atoms with Gasteiger partial charge in [0.2, 0.25) is 0 Å². The first-order chi connectivity index (χ1) is 6.93. The first-order valence-electron chi connectivity index (χ1n) is 4.31. The predicted molar refractivity (Wildman–Crippen MR) is 53.5 cm³/mol. The Morgan fingerprint density at radius 1 is 1.33 bits per heavy atom. The second-order valence-electron chi connectivity index (χ2n) is 3.37. The molecule has 0 amide bonds. The number of hydrogen-bond acceptors (Lipinski definition) is 5. The van der Waals surface area contributed by atoms with E-state index in [-0.39, 0.29) is 34.1 Å². The molecule has 0 unspecified atom stereocenters. The van der Waals surface area contributed by atoms with Crippen LogP contribution in [-0.2, 0) is 9.84 Å². The summed E-state index contributed by atoms with van der Waals surface area (Å²) in [6.07, 6.45) is -0.0430. The minimum atomic E-state index is -3.58. The molecule has 0 fully saturated rings. The maximum atomic E-state index is 11.6. The van der Waals surface area contributed by atoms with Gasteiger partial charge >= 0.3 is 0 Å². The van der Waals surface area contributed by atoms with E-state index < -0.39 is 15.6 Å². The Bertz CT molecular complexity index is 547. The number of fused-ring (bicyclic) bond motifs is 1. The summed E-state index contributed by atoms with van der Waals surface area (Å²) in [5, 5.41) is 9.54. The van der Waals surface area contributed by atoms with Crippen molar-refractivity contribution in [2.45, 2.75) is 11.3 Å². The van der Waals surface area contributed by atoms with Gasteiger partial charge in [-0.25, -0.2) is 8.42 Å². The van der Waals surface area contributed by atoms with Crippen molar-refractivity contribution in [1.29, 1.82) is 0 Å². The fourth-order valence-electron chi connectivity index (χ4n) is 1.58. The highest BCUT2D eigenvalue weighted by atomic mass is 32.2. The molecule has 6 heteroatoms. The van der Waals surface area contributed by atoms with Gasteiger partial charge in [0.25, 0.3) is 0 Å². The van der Waals surface area contributed by atoms with Crippen LogP contribution in [0, 0.1) is 0 Å². The number of ketones is 1. The van der Waals surface area contributed by atoms with Crippen LogP contribution in [0.25, 0.3) is 0 Å². The lowest BCUT2D eigenvalue weighted by molar-refractivity contribution is 0.0982. The Balaban J connectivity index is 2.87. The SMILES string of the molecule is Nc1ccc2c(c1O)S(=O)(=O)CCC2=O. The maximum absolute atomic E-state index is 11.6. The van der Waals surface area contributed by atoms with Crippen LogP contribution in [0.5, 0.6) is 5.75 Å². The van der Waals surface area contributed by atoms with E-state index in [9.17, 15) is 18.3 Å². The van der Waals surface area contributed by atoms with E-state index in [1.807, 2.05) is 0 Å². The lowest BCUT2D eigenvalue weighted by atomic mass is 10.1. The number of sulfone groups is 1. The maximum Gasteiger partial charge on any atom is 0.183 e. The van der Waals surface area contributed by atoms with Gasteiger partial charge in [-0.05, 0) is 12.1 Å². The van der Waals surface area contributed by atoms with Crippen LogP contribution in [0.4, 0.5) is 5.69 Å². The summed E-state index contributed by atoms with van der Waals surface area (Å²) in [5.41, 5.74) is 5.38. The van der Waals surface area contributed by atoms with Crippen molar-refractivity contribution in [3.05, 3.63) is 17.7 Å². The van der Waals surface area contributed by atoms with Crippen LogP contribution < -0.4 is 5.73 Å². The van der Waals surface area contributed by atoms with Crippen LogP contribution >= 0.6 is 0 Å². The molecular formula is C9H9NO4S. The molecule has 5 nitrogen and oxygen atoms in total. The number of anilines is 1. The molecule has 0 saturated heterocycles. The van der Waals surface area contributed by atoms with E-state index in [4.69, 9.17) is 5.73 Å². The highest BCUT2D eigenvalue weighted by Crippen LogP contribution is 2.36. The number of carbonyl (C=O) groups is 1. The number of Topliss-reactive ketones (excluding diaryl/α,β-unsaturated/α-hetero) is 1. The number of benzene rings is 1. The Morgan fingerprint density at radius 2 is 2.00 bits per heavy atom. The van der Waals surface area contributed by atoms with E-state index in [1.54, 1.807) is 0 Å². The Morgan fingerprint density at radius 3 is 2.67 bits per heavy atom. The lowest BCUT2D eigenvalue weighted by Crippen LogP contribution is -2.21. The monoisotopic (exact) mass is 227 g/mol. The highest BCUT2D eigenvalue weighted by Gasteiger charge is 2.32. The van der Waals surface area contributed by atoms with Crippen molar-refractivity contribution in [1.82, 2.24) is 0 Å². The summed E-state index contributed by atoms with van der Waals surface area (Å²) < 4.78 is 23.2. The molecule has 0 aliphatic carbocycles. The molecule has 80 valence electrons. The molecule has 2 rings (SSSR count). The zero-order valence-electron chi connectivity index (χ0n) is 7.73. The van der Waals surface area contributed by atoms with Gasteiger partial charge in [0.15, 0.2) is 21.4 Å². The zero-order valence-corrected chi connectivity index (χ0v) is 8.54. The number of nitrogens with two attached hydrogens (primary N) is 1. The third kappa shape index (κ3) is 1.37. The Hall–Kier alpha value is -1.56. The molecule has 0 bridgehead atoms. The number of carbonyl (C=O) groups excluding carboxylic acids is 1. The molecule has 15 heavy (non-hydrogen) atoms. The standard InChI is InChI=1S/C9H9NO4S/c10-6-2-1-5-7(11)3-4-15(13,14)9(5)8(6)12/h1-2,12H,3-4,10H2. The minimum absolute atomic E-state index is 0.0351. The third-order valence-corrected chi connectivity index (χ3v) is 4.15. The van der Waals surface area contributed by atoms with Crippen molar-refractivity contribution < 1.29 is 18.3 Å². The number of phenols is 1. The van der Waals surface area contributed by atoms with Gasteiger partial charge in [-0.3, -0.25) is 4.79 Å². The van der Waals surface area contributed by atoms with Gasteiger partial charge in [-0.2, -0.15) is 0 Å². The Kier molecular flexibility index (Phi) is 1.97. The van der Waals surface area contributed by atoms with Crippen molar-refractivity contribution in [3.63, 3.8) is 0 Å². The fraction of sp³-hybridized carbons (Fsp3) is 0.222. The molecule has 0 saturated carbocycles. The predicted octanol–water partition coefficient (Wildman–Crippen LogP) is 0.335. The normalized spacial score (nSPS) is 18.5. The summed E-state index contributed by atoms with van der Waals surface area (Å²) in [5.74, 6) is -1.06. The van der Waals surface area contributed by atoms with Gasteiger partial charge in [-0.1, -0.05) is 0 Å². The summed E-state index contributed by atoms with van der Waals surface area (Å²) >= 11 is 0. The van der Waals surface area contributed by atoms with Gasteiger partial charge in [0, 0.05) is 12.0 Å². The molecule has 0 radical (unpaired) electrons. The van der Waals surface area contributed by atoms with Crippen molar-refractivity contribution in [2.75, 3.05) is 11.5 Å². The van der Waals surface area contributed by atoms with Crippen LogP contribution in [0.1, 0.15) is 16.8 Å². The van der Waals surface area contributed by atoms with E-state index in [0.717, 1.165) is 0 Å². The van der Waals surface area contributed by atoms with Crippen LogP contribution in [0.2, 0.25) is 0 Å². The average Bonchev–Trinajstić information content (AvgIpc) is 2.16. The van der Waals surface area contributed by atoms with Crippen LogP contribution in [0.3, 0.4) is 0 Å². The van der Waals surface area contributed by atoms with Gasteiger partial charge in [-0.15, -0.1) is 0 Å². The number of aromatic hydroxyl groups is 1. The number of phenolic OH excluding ortho intramolecular Hbond substituents is 1. The van der Waals surface area contributed by atoms with Gasteiger partial charge < -0.3 is 10.8 Å². The summed E-state index contributed by atoms with van der Waals surface area (Å²) in [6.45, 7) is 0. The van der Waals surface area contributed by atoms with Gasteiger partial charge in [0.05, 0.1) is 11.4 Å². The summed E-state index contributed by atoms with van der Waals surface area (Å²) in [4.78, 5) is 11.1.